The lowest BCUT2D eigenvalue weighted by atomic mass is 9.94. The van der Waals surface area contributed by atoms with Gasteiger partial charge >= 0.3 is 5.97 Å². The van der Waals surface area contributed by atoms with Crippen LogP contribution in [0.1, 0.15) is 24.9 Å². The number of halogens is 1. The van der Waals surface area contributed by atoms with E-state index in [-0.39, 0.29) is 0 Å². The van der Waals surface area contributed by atoms with Crippen molar-refractivity contribution in [3.05, 3.63) is 53.2 Å². The molecule has 0 aliphatic carbocycles. The van der Waals surface area contributed by atoms with E-state index in [0.29, 0.717) is 29.2 Å². The molecule has 6 nitrogen and oxygen atoms in total. The number of allylic oxidation sites excluding steroid dienone is 1. The van der Waals surface area contributed by atoms with E-state index in [1.807, 2.05) is 6.92 Å². The van der Waals surface area contributed by atoms with Crippen molar-refractivity contribution in [3.8, 4) is 0 Å². The minimum absolute atomic E-state index is 0.341. The molecule has 0 bridgehead atoms. The monoisotopic (exact) mass is 302 g/mol. The van der Waals surface area contributed by atoms with Gasteiger partial charge in [0.25, 0.3) is 0 Å². The Morgan fingerprint density at radius 3 is 2.91 bits per heavy atom. The van der Waals surface area contributed by atoms with Crippen molar-refractivity contribution in [1.29, 1.82) is 0 Å². The molecule has 1 aliphatic heterocycles. The average molecular weight is 302 g/mol. The molecule has 1 atom stereocenters. The normalized spacial score (nSPS) is 17.0. The molecule has 1 N–H and O–H groups in total. The van der Waals surface area contributed by atoms with Gasteiger partial charge in [0, 0.05) is 11.3 Å². The van der Waals surface area contributed by atoms with Crippen molar-refractivity contribution in [2.45, 2.75) is 19.4 Å². The minimum atomic E-state index is -0.706. The Bertz CT molecular complexity index is 754. The number of benzene rings is 1. The fraction of sp³-hybridized carbons (Fsp3) is 0.267. The predicted molar refractivity (Wildman–Crippen MR) is 77.5 cm³/mol. The second kappa shape index (κ2) is 5.59. The van der Waals surface area contributed by atoms with Crippen molar-refractivity contribution in [3.63, 3.8) is 0 Å². The summed E-state index contributed by atoms with van der Waals surface area (Å²) in [5, 5.41) is 7.18. The van der Waals surface area contributed by atoms with Crippen LogP contribution in [0.25, 0.3) is 0 Å². The van der Waals surface area contributed by atoms with Crippen molar-refractivity contribution in [2.75, 3.05) is 12.4 Å². The Morgan fingerprint density at radius 1 is 1.45 bits per heavy atom. The number of esters is 1. The van der Waals surface area contributed by atoms with E-state index in [0.717, 1.165) is 0 Å². The molecule has 2 aromatic rings. The highest BCUT2D eigenvalue weighted by atomic mass is 19.1. The number of hydrogen-bond donors (Lipinski definition) is 1. The number of hydrogen-bond acceptors (Lipinski definition) is 5. The van der Waals surface area contributed by atoms with Gasteiger partial charge in [-0.25, -0.2) is 13.9 Å². The van der Waals surface area contributed by atoms with Crippen molar-refractivity contribution >= 4 is 11.9 Å². The summed E-state index contributed by atoms with van der Waals surface area (Å²) in [6.45, 7) is 1.90. The van der Waals surface area contributed by atoms with Crippen molar-refractivity contribution in [1.82, 2.24) is 14.8 Å². The lowest BCUT2D eigenvalue weighted by Crippen LogP contribution is -2.30. The Balaban J connectivity index is 2.25. The Kier molecular flexibility index (Phi) is 3.62. The number of nitrogens with one attached hydrogen (secondary N) is 1. The SMILES string of the molecule is CCC1=C(C(=O)OC)C(c2ccccc2F)n2ncnc2N1. The second-order valence-corrected chi connectivity index (χ2v) is 4.81. The van der Waals surface area contributed by atoms with Crippen LogP contribution >= 0.6 is 0 Å². The maximum Gasteiger partial charge on any atom is 0.338 e. The first-order valence-electron chi connectivity index (χ1n) is 6.89. The highest BCUT2D eigenvalue weighted by Crippen LogP contribution is 2.36. The quantitative estimate of drug-likeness (QED) is 0.881. The molecule has 0 spiro atoms. The minimum Gasteiger partial charge on any atom is -0.466 e. The van der Waals surface area contributed by atoms with E-state index in [4.69, 9.17) is 4.74 Å². The third-order valence-corrected chi connectivity index (χ3v) is 3.64. The maximum atomic E-state index is 14.3. The molecule has 0 saturated carbocycles. The molecule has 114 valence electrons. The highest BCUT2D eigenvalue weighted by molar-refractivity contribution is 5.92. The van der Waals surface area contributed by atoms with Crippen LogP contribution in [0, 0.1) is 5.82 Å². The van der Waals surface area contributed by atoms with Crippen LogP contribution in [-0.4, -0.2) is 27.8 Å². The molecule has 0 amide bonds. The van der Waals surface area contributed by atoms with Crippen molar-refractivity contribution < 1.29 is 13.9 Å². The van der Waals surface area contributed by atoms with Gasteiger partial charge in [-0.05, 0) is 12.5 Å². The smallest absolute Gasteiger partial charge is 0.338 e. The Morgan fingerprint density at radius 2 is 2.23 bits per heavy atom. The molecule has 0 saturated heterocycles. The summed E-state index contributed by atoms with van der Waals surface area (Å²) in [5.74, 6) is -0.454. The molecule has 1 aromatic carbocycles. The standard InChI is InChI=1S/C15H15FN4O2/c1-3-11-12(14(21)22-2)13(9-6-4-5-7-10(9)16)20-15(19-11)17-8-18-20/h4-8,13H,3H2,1-2H3,(H,17,18,19). The van der Waals surface area contributed by atoms with Gasteiger partial charge in [-0.1, -0.05) is 25.1 Å². The number of carbonyl (C=O) groups is 1. The van der Waals surface area contributed by atoms with Gasteiger partial charge in [0.05, 0.1) is 12.7 Å². The van der Waals surface area contributed by atoms with E-state index in [2.05, 4.69) is 15.4 Å². The molecule has 2 heterocycles. The number of fused-ring (bicyclic) bond motifs is 1. The van der Waals surface area contributed by atoms with Crippen LogP contribution < -0.4 is 5.32 Å². The molecule has 1 aromatic heterocycles. The van der Waals surface area contributed by atoms with Crippen LogP contribution in [0.15, 0.2) is 41.9 Å². The van der Waals surface area contributed by atoms with Gasteiger partial charge in [-0.2, -0.15) is 10.1 Å². The van der Waals surface area contributed by atoms with Crippen LogP contribution in [0.3, 0.4) is 0 Å². The van der Waals surface area contributed by atoms with E-state index < -0.39 is 17.8 Å². The Hall–Kier alpha value is -2.70. The van der Waals surface area contributed by atoms with Crippen LogP contribution in [0.4, 0.5) is 10.3 Å². The number of carbonyl (C=O) groups excluding carboxylic acids is 1. The fourth-order valence-electron chi connectivity index (χ4n) is 2.63. The predicted octanol–water partition coefficient (Wildman–Crippen LogP) is 2.27. The van der Waals surface area contributed by atoms with E-state index in [1.165, 1.54) is 24.2 Å². The summed E-state index contributed by atoms with van der Waals surface area (Å²) in [6, 6.07) is 5.60. The summed E-state index contributed by atoms with van der Waals surface area (Å²) >= 11 is 0. The highest BCUT2D eigenvalue weighted by Gasteiger charge is 2.36. The van der Waals surface area contributed by atoms with Gasteiger partial charge in [0.15, 0.2) is 0 Å². The Labute approximate surface area is 126 Å². The van der Waals surface area contributed by atoms with Crippen LogP contribution in [-0.2, 0) is 9.53 Å². The second-order valence-electron chi connectivity index (χ2n) is 4.81. The largest absolute Gasteiger partial charge is 0.466 e. The van der Waals surface area contributed by atoms with E-state index in [1.54, 1.807) is 18.2 Å². The third-order valence-electron chi connectivity index (χ3n) is 3.64. The maximum absolute atomic E-state index is 14.3. The van der Waals surface area contributed by atoms with Crippen LogP contribution in [0.2, 0.25) is 0 Å². The average Bonchev–Trinajstić information content (AvgIpc) is 3.01. The lowest BCUT2D eigenvalue weighted by Gasteiger charge is -2.29. The summed E-state index contributed by atoms with van der Waals surface area (Å²) in [6.07, 6.45) is 1.92. The van der Waals surface area contributed by atoms with E-state index in [9.17, 15) is 9.18 Å². The number of anilines is 1. The number of aromatic nitrogens is 3. The van der Waals surface area contributed by atoms with Crippen LogP contribution in [0.5, 0.6) is 0 Å². The van der Waals surface area contributed by atoms with E-state index >= 15 is 0 Å². The summed E-state index contributed by atoms with van der Waals surface area (Å²) in [4.78, 5) is 16.4. The molecule has 7 heteroatoms. The summed E-state index contributed by atoms with van der Waals surface area (Å²) in [7, 11) is 1.30. The molecule has 0 fully saturated rings. The lowest BCUT2D eigenvalue weighted by molar-refractivity contribution is -0.136. The zero-order valence-electron chi connectivity index (χ0n) is 12.2. The van der Waals surface area contributed by atoms with Gasteiger partial charge in [-0.15, -0.1) is 0 Å². The van der Waals surface area contributed by atoms with Gasteiger partial charge in [0.1, 0.15) is 18.2 Å². The summed E-state index contributed by atoms with van der Waals surface area (Å²) in [5.41, 5.74) is 1.34. The first kappa shape index (κ1) is 14.2. The zero-order valence-corrected chi connectivity index (χ0v) is 12.2. The number of methoxy groups -OCH3 is 1. The fourth-order valence-corrected chi connectivity index (χ4v) is 2.63. The number of nitrogens with zero attached hydrogens (tertiary/aromatic N) is 3. The first-order valence-corrected chi connectivity index (χ1v) is 6.89. The zero-order chi connectivity index (χ0) is 15.7. The first-order chi connectivity index (χ1) is 10.7. The molecule has 22 heavy (non-hydrogen) atoms. The summed E-state index contributed by atoms with van der Waals surface area (Å²) < 4.78 is 20.7. The van der Waals surface area contributed by atoms with Gasteiger partial charge < -0.3 is 10.1 Å². The third kappa shape index (κ3) is 2.14. The molecule has 1 aliphatic rings. The topological polar surface area (TPSA) is 69.0 Å². The van der Waals surface area contributed by atoms with Crippen molar-refractivity contribution in [2.24, 2.45) is 0 Å². The number of ether oxygens (including phenoxy) is 1. The molecular weight excluding hydrogens is 287 g/mol. The van der Waals surface area contributed by atoms with Gasteiger partial charge in [0.2, 0.25) is 5.95 Å². The number of rotatable bonds is 3. The molecule has 1 unspecified atom stereocenters. The molecule has 0 radical (unpaired) electrons. The van der Waals surface area contributed by atoms with Gasteiger partial charge in [-0.3, -0.25) is 0 Å². The molecular formula is C15H15FN4O2. The molecule has 3 rings (SSSR count).